The van der Waals surface area contributed by atoms with E-state index in [9.17, 15) is 5.11 Å². The summed E-state index contributed by atoms with van der Waals surface area (Å²) in [5.74, 6) is 0. The summed E-state index contributed by atoms with van der Waals surface area (Å²) in [4.78, 5) is 4.29. The Morgan fingerprint density at radius 1 is 1.17 bits per heavy atom. The molecule has 3 aromatic rings. The van der Waals surface area contributed by atoms with E-state index in [0.717, 1.165) is 22.0 Å². The van der Waals surface area contributed by atoms with E-state index in [1.54, 1.807) is 18.7 Å². The molecule has 1 aromatic carbocycles. The van der Waals surface area contributed by atoms with Gasteiger partial charge in [0.05, 0.1) is 24.1 Å². The maximum atomic E-state index is 10.3. The number of aromatic nitrogens is 1. The molecule has 0 aliphatic rings. The Labute approximate surface area is 105 Å². The highest BCUT2D eigenvalue weighted by molar-refractivity contribution is 5.82. The maximum absolute atomic E-state index is 10.3. The van der Waals surface area contributed by atoms with Crippen molar-refractivity contribution in [3.05, 3.63) is 66.2 Å². The highest BCUT2D eigenvalue weighted by Crippen LogP contribution is 2.25. The number of furan rings is 1. The summed E-state index contributed by atoms with van der Waals surface area (Å²) < 4.78 is 5.02. The van der Waals surface area contributed by atoms with Crippen LogP contribution in [0.1, 0.15) is 17.2 Å². The number of fused-ring (bicyclic) bond motifs is 1. The van der Waals surface area contributed by atoms with Crippen LogP contribution in [0, 0.1) is 0 Å². The summed E-state index contributed by atoms with van der Waals surface area (Å²) in [5.41, 5.74) is 2.80. The third-order valence-electron chi connectivity index (χ3n) is 3.05. The van der Waals surface area contributed by atoms with Crippen molar-refractivity contribution in [1.82, 2.24) is 4.98 Å². The largest absolute Gasteiger partial charge is 0.472 e. The van der Waals surface area contributed by atoms with Crippen LogP contribution < -0.4 is 0 Å². The Balaban J connectivity index is 1.98. The minimum Gasteiger partial charge on any atom is -0.472 e. The lowest BCUT2D eigenvalue weighted by Gasteiger charge is -2.12. The van der Waals surface area contributed by atoms with Crippen LogP contribution in [0.3, 0.4) is 0 Å². The van der Waals surface area contributed by atoms with E-state index >= 15 is 0 Å². The molecule has 2 aromatic heterocycles. The Kier molecular flexibility index (Phi) is 2.82. The van der Waals surface area contributed by atoms with Gasteiger partial charge in [-0.2, -0.15) is 0 Å². The van der Waals surface area contributed by atoms with Gasteiger partial charge in [0.25, 0.3) is 0 Å². The van der Waals surface area contributed by atoms with Gasteiger partial charge < -0.3 is 9.52 Å². The first-order chi connectivity index (χ1) is 8.84. The third-order valence-corrected chi connectivity index (χ3v) is 3.05. The summed E-state index contributed by atoms with van der Waals surface area (Å²) in [7, 11) is 0. The highest BCUT2D eigenvalue weighted by Gasteiger charge is 2.12. The number of hydrogen-bond donors (Lipinski definition) is 1. The first-order valence-electron chi connectivity index (χ1n) is 5.87. The van der Waals surface area contributed by atoms with Crippen molar-refractivity contribution in [1.29, 1.82) is 0 Å². The molecule has 0 radical (unpaired) electrons. The van der Waals surface area contributed by atoms with E-state index in [2.05, 4.69) is 4.98 Å². The van der Waals surface area contributed by atoms with E-state index in [4.69, 9.17) is 4.42 Å². The Morgan fingerprint density at radius 2 is 2.11 bits per heavy atom. The zero-order valence-corrected chi connectivity index (χ0v) is 9.78. The maximum Gasteiger partial charge on any atom is 0.0935 e. The molecule has 0 bridgehead atoms. The summed E-state index contributed by atoms with van der Waals surface area (Å²) in [6, 6.07) is 11.5. The number of aliphatic hydroxyl groups excluding tert-OH is 1. The monoisotopic (exact) mass is 239 g/mol. The topological polar surface area (TPSA) is 46.3 Å². The van der Waals surface area contributed by atoms with Gasteiger partial charge in [-0.05, 0) is 29.3 Å². The van der Waals surface area contributed by atoms with Gasteiger partial charge in [-0.1, -0.05) is 18.2 Å². The number of nitrogens with zero attached hydrogens (tertiary/aromatic N) is 1. The average molecular weight is 239 g/mol. The molecule has 1 unspecified atom stereocenters. The van der Waals surface area contributed by atoms with Crippen LogP contribution in [0.25, 0.3) is 10.9 Å². The SMILES string of the molecule is OC(Cc1ccoc1)c1cccc2ncccc12. The van der Waals surface area contributed by atoms with Crippen LogP contribution in [-0.4, -0.2) is 10.1 Å². The molecule has 0 fully saturated rings. The summed E-state index contributed by atoms with van der Waals surface area (Å²) in [6.07, 6.45) is 5.04. The first-order valence-corrected chi connectivity index (χ1v) is 5.87. The molecule has 1 N–H and O–H groups in total. The highest BCUT2D eigenvalue weighted by atomic mass is 16.3. The van der Waals surface area contributed by atoms with Crippen molar-refractivity contribution in [3.63, 3.8) is 0 Å². The number of rotatable bonds is 3. The second-order valence-corrected chi connectivity index (χ2v) is 4.27. The van der Waals surface area contributed by atoms with Gasteiger partial charge in [0.1, 0.15) is 0 Å². The molecule has 0 saturated carbocycles. The van der Waals surface area contributed by atoms with Crippen molar-refractivity contribution in [2.45, 2.75) is 12.5 Å². The Morgan fingerprint density at radius 3 is 2.94 bits per heavy atom. The lowest BCUT2D eigenvalue weighted by Crippen LogP contribution is -2.02. The standard InChI is InChI=1S/C15H13NO2/c17-15(9-11-6-8-18-10-11)13-3-1-5-14-12(13)4-2-7-16-14/h1-8,10,15,17H,9H2. The van der Waals surface area contributed by atoms with E-state index in [1.807, 2.05) is 36.4 Å². The van der Waals surface area contributed by atoms with E-state index < -0.39 is 6.10 Å². The second kappa shape index (κ2) is 4.63. The zero-order valence-electron chi connectivity index (χ0n) is 9.78. The van der Waals surface area contributed by atoms with Crippen LogP contribution >= 0.6 is 0 Å². The van der Waals surface area contributed by atoms with Gasteiger partial charge in [-0.3, -0.25) is 4.98 Å². The smallest absolute Gasteiger partial charge is 0.0935 e. The summed E-state index contributed by atoms with van der Waals surface area (Å²) >= 11 is 0. The predicted molar refractivity (Wildman–Crippen MR) is 69.1 cm³/mol. The molecule has 0 amide bonds. The fourth-order valence-electron chi connectivity index (χ4n) is 2.16. The van der Waals surface area contributed by atoms with E-state index in [-0.39, 0.29) is 0 Å². The average Bonchev–Trinajstić information content (AvgIpc) is 2.91. The van der Waals surface area contributed by atoms with Crippen molar-refractivity contribution < 1.29 is 9.52 Å². The van der Waals surface area contributed by atoms with Crippen LogP contribution in [0.4, 0.5) is 0 Å². The number of aliphatic hydroxyl groups is 1. The minimum atomic E-state index is -0.546. The van der Waals surface area contributed by atoms with E-state index in [0.29, 0.717) is 6.42 Å². The molecule has 2 heterocycles. The lowest BCUT2D eigenvalue weighted by atomic mass is 9.99. The Bertz CT molecular complexity index is 641. The molecule has 3 heteroatoms. The molecular weight excluding hydrogens is 226 g/mol. The molecule has 90 valence electrons. The van der Waals surface area contributed by atoms with Crippen molar-refractivity contribution >= 4 is 10.9 Å². The zero-order chi connectivity index (χ0) is 12.4. The summed E-state index contributed by atoms with van der Waals surface area (Å²) in [6.45, 7) is 0. The van der Waals surface area contributed by atoms with Crippen molar-refractivity contribution in [2.24, 2.45) is 0 Å². The van der Waals surface area contributed by atoms with Gasteiger partial charge >= 0.3 is 0 Å². The molecule has 3 rings (SSSR count). The fourth-order valence-corrected chi connectivity index (χ4v) is 2.16. The quantitative estimate of drug-likeness (QED) is 0.763. The molecular formula is C15H13NO2. The Hall–Kier alpha value is -2.13. The normalized spacial score (nSPS) is 12.7. The van der Waals surface area contributed by atoms with Gasteiger partial charge in [0.15, 0.2) is 0 Å². The molecule has 18 heavy (non-hydrogen) atoms. The van der Waals surface area contributed by atoms with Crippen LogP contribution in [0.5, 0.6) is 0 Å². The van der Waals surface area contributed by atoms with Crippen molar-refractivity contribution in [2.75, 3.05) is 0 Å². The number of pyridine rings is 1. The predicted octanol–water partition coefficient (Wildman–Crippen LogP) is 3.10. The first kappa shape index (κ1) is 11.0. The van der Waals surface area contributed by atoms with Crippen molar-refractivity contribution in [3.8, 4) is 0 Å². The van der Waals surface area contributed by atoms with Gasteiger partial charge in [-0.15, -0.1) is 0 Å². The molecule has 0 aliphatic heterocycles. The van der Waals surface area contributed by atoms with Gasteiger partial charge in [0.2, 0.25) is 0 Å². The number of benzene rings is 1. The third kappa shape index (κ3) is 2.00. The molecule has 1 atom stereocenters. The minimum absolute atomic E-state index is 0.546. The van der Waals surface area contributed by atoms with Gasteiger partial charge in [-0.25, -0.2) is 0 Å². The molecule has 3 nitrogen and oxygen atoms in total. The molecule has 0 spiro atoms. The fraction of sp³-hybridized carbons (Fsp3) is 0.133. The van der Waals surface area contributed by atoms with Crippen LogP contribution in [0.15, 0.2) is 59.5 Å². The number of hydrogen-bond acceptors (Lipinski definition) is 3. The van der Waals surface area contributed by atoms with Crippen LogP contribution in [0.2, 0.25) is 0 Å². The molecule has 0 saturated heterocycles. The summed E-state index contributed by atoms with van der Waals surface area (Å²) in [5, 5.41) is 11.3. The molecule has 0 aliphatic carbocycles. The van der Waals surface area contributed by atoms with Crippen LogP contribution in [-0.2, 0) is 6.42 Å². The second-order valence-electron chi connectivity index (χ2n) is 4.27. The van der Waals surface area contributed by atoms with E-state index in [1.165, 1.54) is 0 Å². The van der Waals surface area contributed by atoms with Gasteiger partial charge in [0, 0.05) is 18.0 Å². The lowest BCUT2D eigenvalue weighted by molar-refractivity contribution is 0.180.